The van der Waals surface area contributed by atoms with Crippen molar-refractivity contribution in [3.05, 3.63) is 69.9 Å². The highest BCUT2D eigenvalue weighted by molar-refractivity contribution is 7.98. The first-order valence-electron chi connectivity index (χ1n) is 9.50. The summed E-state index contributed by atoms with van der Waals surface area (Å²) in [5.41, 5.74) is 2.30. The number of anilines is 1. The Kier molecular flexibility index (Phi) is 6.15. The lowest BCUT2D eigenvalue weighted by atomic mass is 10.1. The van der Waals surface area contributed by atoms with Crippen LogP contribution in [-0.2, 0) is 21.6 Å². The third kappa shape index (κ3) is 4.24. The molecule has 3 heterocycles. The molecule has 0 radical (unpaired) electrons. The molecule has 1 aliphatic heterocycles. The van der Waals surface area contributed by atoms with E-state index in [-0.39, 0.29) is 17.0 Å². The maximum Gasteiger partial charge on any atom is 0.337 e. The Morgan fingerprint density at radius 2 is 1.65 bits per heavy atom. The van der Waals surface area contributed by atoms with Crippen molar-refractivity contribution in [1.29, 1.82) is 0 Å². The standard InChI is InChI=1S/C22H20N2O5S2/c1-28-21(26)13-9-14(22(27)29-2)11-15(10-13)23-19(25)18-16-5-8-30-12-17(16)31-20(18)24-6-3-4-7-24/h3-4,6-7,9-11H,5,8,12H2,1-2H3,(H,23,25). The lowest BCUT2D eigenvalue weighted by Gasteiger charge is -2.14. The lowest BCUT2D eigenvalue weighted by Crippen LogP contribution is -2.17. The summed E-state index contributed by atoms with van der Waals surface area (Å²) in [6.07, 6.45) is 4.64. The molecule has 160 valence electrons. The van der Waals surface area contributed by atoms with Crippen LogP contribution in [0.1, 0.15) is 41.5 Å². The van der Waals surface area contributed by atoms with Crippen LogP contribution in [0.4, 0.5) is 5.69 Å². The number of carbonyl (C=O) groups is 3. The van der Waals surface area contributed by atoms with Gasteiger partial charge in [-0.2, -0.15) is 11.8 Å². The fraction of sp³-hybridized carbons (Fsp3) is 0.227. The molecule has 0 atom stereocenters. The van der Waals surface area contributed by atoms with E-state index in [9.17, 15) is 14.4 Å². The maximum absolute atomic E-state index is 13.4. The number of thiophene rings is 1. The van der Waals surface area contributed by atoms with Gasteiger partial charge < -0.3 is 19.4 Å². The van der Waals surface area contributed by atoms with Crippen LogP contribution in [0.15, 0.2) is 42.7 Å². The van der Waals surface area contributed by atoms with Gasteiger partial charge in [0, 0.05) is 28.7 Å². The predicted octanol–water partition coefficient (Wildman–Crippen LogP) is 4.15. The average Bonchev–Trinajstić information content (AvgIpc) is 3.45. The Hall–Kier alpha value is -3.04. The number of nitrogens with one attached hydrogen (secondary N) is 1. The summed E-state index contributed by atoms with van der Waals surface area (Å²) in [5.74, 6) is 0.329. The maximum atomic E-state index is 13.4. The molecule has 0 unspecified atom stereocenters. The number of hydrogen-bond acceptors (Lipinski definition) is 7. The van der Waals surface area contributed by atoms with Crippen LogP contribution in [0, 0.1) is 0 Å². The van der Waals surface area contributed by atoms with E-state index in [1.54, 1.807) is 11.3 Å². The highest BCUT2D eigenvalue weighted by Gasteiger charge is 2.27. The van der Waals surface area contributed by atoms with E-state index >= 15 is 0 Å². The molecular formula is C22H20N2O5S2. The van der Waals surface area contributed by atoms with Gasteiger partial charge in [-0.15, -0.1) is 11.3 Å². The molecule has 0 fully saturated rings. The summed E-state index contributed by atoms with van der Waals surface area (Å²) in [6.45, 7) is 0. The Balaban J connectivity index is 1.74. The molecule has 31 heavy (non-hydrogen) atoms. The number of ether oxygens (including phenoxy) is 2. The number of nitrogens with zero attached hydrogens (tertiary/aromatic N) is 1. The summed E-state index contributed by atoms with van der Waals surface area (Å²) >= 11 is 3.47. The SMILES string of the molecule is COC(=O)c1cc(NC(=O)c2c(-n3cccc3)sc3c2CCSC3)cc(C(=O)OC)c1. The highest BCUT2D eigenvalue weighted by Crippen LogP contribution is 2.38. The van der Waals surface area contributed by atoms with Gasteiger partial charge in [0.25, 0.3) is 5.91 Å². The number of carbonyl (C=O) groups excluding carboxylic acids is 3. The topological polar surface area (TPSA) is 86.6 Å². The largest absolute Gasteiger partial charge is 0.465 e. The smallest absolute Gasteiger partial charge is 0.337 e. The Labute approximate surface area is 187 Å². The summed E-state index contributed by atoms with van der Waals surface area (Å²) in [7, 11) is 2.51. The van der Waals surface area contributed by atoms with E-state index in [0.29, 0.717) is 11.3 Å². The van der Waals surface area contributed by atoms with E-state index in [4.69, 9.17) is 9.47 Å². The normalized spacial score (nSPS) is 12.7. The minimum atomic E-state index is -0.612. The number of aromatic nitrogens is 1. The summed E-state index contributed by atoms with van der Waals surface area (Å²) in [6, 6.07) is 8.18. The molecule has 9 heteroatoms. The van der Waals surface area contributed by atoms with Crippen LogP contribution in [0.5, 0.6) is 0 Å². The van der Waals surface area contributed by atoms with Crippen molar-refractivity contribution in [3.8, 4) is 5.00 Å². The first-order valence-corrected chi connectivity index (χ1v) is 11.5. The molecule has 2 aromatic heterocycles. The third-order valence-electron chi connectivity index (χ3n) is 4.90. The minimum Gasteiger partial charge on any atom is -0.465 e. The second kappa shape index (κ2) is 8.99. The molecule has 0 bridgehead atoms. The van der Waals surface area contributed by atoms with E-state index in [0.717, 1.165) is 28.5 Å². The fourth-order valence-electron chi connectivity index (χ4n) is 3.47. The van der Waals surface area contributed by atoms with E-state index < -0.39 is 11.9 Å². The molecule has 7 nitrogen and oxygen atoms in total. The number of hydrogen-bond donors (Lipinski definition) is 1. The zero-order chi connectivity index (χ0) is 22.0. The molecule has 1 aliphatic rings. The van der Waals surface area contributed by atoms with Gasteiger partial charge in [-0.3, -0.25) is 4.79 Å². The first-order chi connectivity index (χ1) is 15.0. The molecule has 0 saturated carbocycles. The van der Waals surface area contributed by atoms with Gasteiger partial charge >= 0.3 is 11.9 Å². The lowest BCUT2D eigenvalue weighted by molar-refractivity contribution is 0.0599. The van der Waals surface area contributed by atoms with Gasteiger partial charge in [-0.05, 0) is 48.1 Å². The van der Waals surface area contributed by atoms with E-state index in [1.165, 1.54) is 37.3 Å². The number of esters is 2. The second-order valence-electron chi connectivity index (χ2n) is 6.81. The van der Waals surface area contributed by atoms with Crippen molar-refractivity contribution in [2.45, 2.75) is 12.2 Å². The van der Waals surface area contributed by atoms with Gasteiger partial charge in [-0.25, -0.2) is 9.59 Å². The molecule has 0 aliphatic carbocycles. The third-order valence-corrected chi connectivity index (χ3v) is 7.31. The highest BCUT2D eigenvalue weighted by atomic mass is 32.2. The molecule has 3 aromatic rings. The van der Waals surface area contributed by atoms with Crippen LogP contribution in [0.25, 0.3) is 5.00 Å². The molecule has 4 rings (SSSR count). The Morgan fingerprint density at radius 3 is 2.26 bits per heavy atom. The van der Waals surface area contributed by atoms with Gasteiger partial charge in [0.2, 0.25) is 0 Å². The van der Waals surface area contributed by atoms with Gasteiger partial charge in [0.05, 0.1) is 30.9 Å². The number of rotatable bonds is 5. The van der Waals surface area contributed by atoms with Crippen molar-refractivity contribution in [3.63, 3.8) is 0 Å². The predicted molar refractivity (Wildman–Crippen MR) is 121 cm³/mol. The van der Waals surface area contributed by atoms with Gasteiger partial charge in [0.15, 0.2) is 0 Å². The molecule has 0 saturated heterocycles. The monoisotopic (exact) mass is 456 g/mol. The van der Waals surface area contributed by atoms with Crippen LogP contribution < -0.4 is 5.32 Å². The van der Waals surface area contributed by atoms with Crippen LogP contribution >= 0.6 is 23.1 Å². The number of fused-ring (bicyclic) bond motifs is 1. The second-order valence-corrected chi connectivity index (χ2v) is 9.00. The van der Waals surface area contributed by atoms with E-state index in [2.05, 4.69) is 5.32 Å². The van der Waals surface area contributed by atoms with Crippen molar-refractivity contribution >= 4 is 46.6 Å². The zero-order valence-corrected chi connectivity index (χ0v) is 18.6. The van der Waals surface area contributed by atoms with Crippen molar-refractivity contribution < 1.29 is 23.9 Å². The molecule has 1 aromatic carbocycles. The number of thioether (sulfide) groups is 1. The Morgan fingerprint density at radius 1 is 1.00 bits per heavy atom. The van der Waals surface area contributed by atoms with Crippen molar-refractivity contribution in [1.82, 2.24) is 4.57 Å². The van der Waals surface area contributed by atoms with Gasteiger partial charge in [0.1, 0.15) is 5.00 Å². The molecule has 1 N–H and O–H groups in total. The molecule has 0 spiro atoms. The summed E-state index contributed by atoms with van der Waals surface area (Å²) < 4.78 is 11.5. The first kappa shape index (κ1) is 21.2. The zero-order valence-electron chi connectivity index (χ0n) is 17.0. The van der Waals surface area contributed by atoms with Crippen LogP contribution in [0.2, 0.25) is 0 Å². The van der Waals surface area contributed by atoms with Crippen LogP contribution in [-0.4, -0.2) is 42.4 Å². The Bertz CT molecular complexity index is 1120. The van der Waals surface area contributed by atoms with Gasteiger partial charge in [-0.1, -0.05) is 0 Å². The minimum absolute atomic E-state index is 0.148. The van der Waals surface area contributed by atoms with E-state index in [1.807, 2.05) is 40.9 Å². The molecular weight excluding hydrogens is 436 g/mol. The summed E-state index contributed by atoms with van der Waals surface area (Å²) in [4.78, 5) is 38.7. The summed E-state index contributed by atoms with van der Waals surface area (Å²) in [5, 5.41) is 3.72. The van der Waals surface area contributed by atoms with Crippen molar-refractivity contribution in [2.24, 2.45) is 0 Å². The number of amides is 1. The number of methoxy groups -OCH3 is 2. The molecule has 1 amide bonds. The van der Waals surface area contributed by atoms with Crippen LogP contribution in [0.3, 0.4) is 0 Å². The number of benzene rings is 1. The van der Waals surface area contributed by atoms with Crippen molar-refractivity contribution in [2.75, 3.05) is 25.3 Å². The fourth-order valence-corrected chi connectivity index (χ4v) is 5.91. The quantitative estimate of drug-likeness (QED) is 0.581. The average molecular weight is 457 g/mol.